The molecule has 0 atom stereocenters. The Bertz CT molecular complexity index is 1400. The second kappa shape index (κ2) is 9.77. The van der Waals surface area contributed by atoms with Gasteiger partial charge in [-0.3, -0.25) is 4.79 Å². The average molecular weight is 497 g/mol. The zero-order valence-electron chi connectivity index (χ0n) is 18.0. The monoisotopic (exact) mass is 496 g/mol. The third kappa shape index (κ3) is 5.34. The first-order chi connectivity index (χ1) is 16.2. The molecule has 174 valence electrons. The standard InChI is InChI=1S/C23H21ClN6O3S/c24-19-4-2-1-3-15(19)13-21(31)30-9-6-16-11-17(12-18(14-25)22(16)30)20-5-7-27-23(29-20)28-8-10-34(26,32)33/h1-5,7,11-12H,6,8-10,13H2,(H2,26,32,33)(H,27,28,29). The molecule has 0 radical (unpaired) electrons. The summed E-state index contributed by atoms with van der Waals surface area (Å²) in [5, 5.41) is 18.2. The zero-order chi connectivity index (χ0) is 24.3. The normalized spacial score (nSPS) is 12.8. The van der Waals surface area contributed by atoms with E-state index < -0.39 is 10.0 Å². The van der Waals surface area contributed by atoms with Crippen molar-refractivity contribution in [1.82, 2.24) is 9.97 Å². The van der Waals surface area contributed by atoms with E-state index in [1.807, 2.05) is 24.3 Å². The molecule has 1 amide bonds. The topological polar surface area (TPSA) is 142 Å². The molecule has 1 aliphatic rings. The molecule has 0 saturated heterocycles. The Labute approximate surface area is 202 Å². The third-order valence-electron chi connectivity index (χ3n) is 5.41. The Morgan fingerprint density at radius 3 is 2.79 bits per heavy atom. The molecule has 11 heteroatoms. The highest BCUT2D eigenvalue weighted by Gasteiger charge is 2.29. The fourth-order valence-corrected chi connectivity index (χ4v) is 4.43. The van der Waals surface area contributed by atoms with Gasteiger partial charge in [0, 0.05) is 29.9 Å². The first-order valence-corrected chi connectivity index (χ1v) is 12.5. The lowest BCUT2D eigenvalue weighted by Crippen LogP contribution is -2.31. The molecule has 34 heavy (non-hydrogen) atoms. The van der Waals surface area contributed by atoms with Gasteiger partial charge >= 0.3 is 0 Å². The molecule has 0 bridgehead atoms. The van der Waals surface area contributed by atoms with E-state index in [-0.39, 0.29) is 30.6 Å². The smallest absolute Gasteiger partial charge is 0.231 e. The van der Waals surface area contributed by atoms with Crippen molar-refractivity contribution in [1.29, 1.82) is 5.26 Å². The first-order valence-electron chi connectivity index (χ1n) is 10.4. The number of fused-ring (bicyclic) bond motifs is 1. The van der Waals surface area contributed by atoms with Crippen molar-refractivity contribution < 1.29 is 13.2 Å². The largest absolute Gasteiger partial charge is 0.353 e. The summed E-state index contributed by atoms with van der Waals surface area (Å²) in [5.41, 5.74) is 3.87. The lowest BCUT2D eigenvalue weighted by atomic mass is 10.0. The van der Waals surface area contributed by atoms with Gasteiger partial charge in [-0.15, -0.1) is 0 Å². The number of aromatic nitrogens is 2. The van der Waals surface area contributed by atoms with Crippen LogP contribution in [-0.2, 0) is 27.7 Å². The van der Waals surface area contributed by atoms with Crippen LogP contribution < -0.4 is 15.4 Å². The fraction of sp³-hybridized carbons (Fsp3) is 0.217. The molecule has 0 unspecified atom stereocenters. The van der Waals surface area contributed by atoms with Crippen LogP contribution in [0, 0.1) is 11.3 Å². The van der Waals surface area contributed by atoms with E-state index in [9.17, 15) is 18.5 Å². The minimum absolute atomic E-state index is 0.0679. The summed E-state index contributed by atoms with van der Waals surface area (Å²) in [7, 11) is -3.60. The van der Waals surface area contributed by atoms with Crippen molar-refractivity contribution in [2.45, 2.75) is 12.8 Å². The molecule has 4 rings (SSSR count). The molecule has 0 spiro atoms. The van der Waals surface area contributed by atoms with Crippen molar-refractivity contribution >= 4 is 39.2 Å². The van der Waals surface area contributed by atoms with Gasteiger partial charge in [-0.2, -0.15) is 5.26 Å². The van der Waals surface area contributed by atoms with E-state index in [4.69, 9.17) is 16.7 Å². The molecule has 3 aromatic rings. The van der Waals surface area contributed by atoms with E-state index in [0.29, 0.717) is 40.5 Å². The van der Waals surface area contributed by atoms with E-state index in [1.54, 1.807) is 29.3 Å². The number of nitriles is 1. The van der Waals surface area contributed by atoms with Crippen LogP contribution in [0.15, 0.2) is 48.7 Å². The van der Waals surface area contributed by atoms with E-state index in [2.05, 4.69) is 21.4 Å². The number of sulfonamides is 1. The average Bonchev–Trinajstić information content (AvgIpc) is 3.24. The van der Waals surface area contributed by atoms with Crippen LogP contribution >= 0.6 is 11.6 Å². The number of nitrogens with one attached hydrogen (secondary N) is 1. The maximum atomic E-state index is 13.0. The molecule has 2 heterocycles. The highest BCUT2D eigenvalue weighted by molar-refractivity contribution is 7.89. The molecular formula is C23H21ClN6O3S. The quantitative estimate of drug-likeness (QED) is 0.511. The van der Waals surface area contributed by atoms with Gasteiger partial charge in [-0.05, 0) is 41.8 Å². The highest BCUT2D eigenvalue weighted by Crippen LogP contribution is 2.36. The number of primary sulfonamides is 1. The predicted octanol–water partition coefficient (Wildman–Crippen LogP) is 2.50. The number of carbonyl (C=O) groups is 1. The number of rotatable bonds is 7. The maximum Gasteiger partial charge on any atom is 0.231 e. The Balaban J connectivity index is 1.59. The first kappa shape index (κ1) is 23.6. The number of nitrogens with two attached hydrogens (primary N) is 1. The van der Waals surface area contributed by atoms with E-state index >= 15 is 0 Å². The van der Waals surface area contributed by atoms with Crippen molar-refractivity contribution in [2.24, 2.45) is 5.14 Å². The van der Waals surface area contributed by atoms with Crippen molar-refractivity contribution in [3.05, 3.63) is 70.4 Å². The molecular weight excluding hydrogens is 476 g/mol. The van der Waals surface area contributed by atoms with Crippen LogP contribution in [0.1, 0.15) is 16.7 Å². The molecule has 0 saturated carbocycles. The predicted molar refractivity (Wildman–Crippen MR) is 130 cm³/mol. The second-order valence-electron chi connectivity index (χ2n) is 7.77. The summed E-state index contributed by atoms with van der Waals surface area (Å²) >= 11 is 6.21. The number of benzene rings is 2. The summed E-state index contributed by atoms with van der Waals surface area (Å²) in [6, 6.07) is 14.7. The number of amides is 1. The number of anilines is 2. The summed E-state index contributed by atoms with van der Waals surface area (Å²) in [6.45, 7) is 0.541. The van der Waals surface area contributed by atoms with Gasteiger partial charge in [0.05, 0.1) is 29.1 Å². The number of halogens is 1. The van der Waals surface area contributed by atoms with Crippen LogP contribution in [0.4, 0.5) is 11.6 Å². The van der Waals surface area contributed by atoms with Crippen LogP contribution in [0.25, 0.3) is 11.3 Å². The zero-order valence-corrected chi connectivity index (χ0v) is 19.6. The molecule has 3 N–H and O–H groups in total. The van der Waals surface area contributed by atoms with Gasteiger partial charge in [0.15, 0.2) is 0 Å². The Kier molecular flexibility index (Phi) is 6.79. The minimum atomic E-state index is -3.60. The number of nitrogens with zero attached hydrogens (tertiary/aromatic N) is 4. The Hall–Kier alpha value is -3.52. The van der Waals surface area contributed by atoms with Crippen molar-refractivity contribution in [2.75, 3.05) is 29.1 Å². The van der Waals surface area contributed by atoms with Gasteiger partial charge in [0.1, 0.15) is 6.07 Å². The molecule has 2 aromatic carbocycles. The maximum absolute atomic E-state index is 13.0. The summed E-state index contributed by atoms with van der Waals surface area (Å²) in [5.74, 6) is -0.132. The van der Waals surface area contributed by atoms with Gasteiger partial charge in [0.2, 0.25) is 21.9 Å². The SMILES string of the molecule is N#Cc1cc(-c2ccnc(NCCS(N)(=O)=O)n2)cc2c1N(C(=O)Cc1ccccc1Cl)CC2. The fourth-order valence-electron chi connectivity index (χ4n) is 3.84. The lowest BCUT2D eigenvalue weighted by Gasteiger charge is -2.19. The number of carbonyl (C=O) groups excluding carboxylic acids is 1. The lowest BCUT2D eigenvalue weighted by molar-refractivity contribution is -0.117. The second-order valence-corrected chi connectivity index (χ2v) is 9.91. The van der Waals surface area contributed by atoms with E-state index in [0.717, 1.165) is 11.1 Å². The van der Waals surface area contributed by atoms with Crippen LogP contribution in [0.3, 0.4) is 0 Å². The summed E-state index contributed by atoms with van der Waals surface area (Å²) in [6.07, 6.45) is 2.29. The van der Waals surface area contributed by atoms with Crippen molar-refractivity contribution in [3.63, 3.8) is 0 Å². The molecule has 0 aliphatic carbocycles. The number of hydrogen-bond donors (Lipinski definition) is 2. The number of hydrogen-bond acceptors (Lipinski definition) is 7. The van der Waals surface area contributed by atoms with Crippen LogP contribution in [-0.4, -0.2) is 43.1 Å². The molecule has 1 aromatic heterocycles. The highest BCUT2D eigenvalue weighted by atomic mass is 35.5. The Morgan fingerprint density at radius 2 is 2.06 bits per heavy atom. The van der Waals surface area contributed by atoms with Gasteiger partial charge in [-0.1, -0.05) is 29.8 Å². The summed E-state index contributed by atoms with van der Waals surface area (Å²) < 4.78 is 22.2. The Morgan fingerprint density at radius 1 is 1.26 bits per heavy atom. The van der Waals surface area contributed by atoms with Crippen LogP contribution in [0.5, 0.6) is 0 Å². The van der Waals surface area contributed by atoms with Gasteiger partial charge < -0.3 is 10.2 Å². The van der Waals surface area contributed by atoms with Crippen molar-refractivity contribution in [3.8, 4) is 17.3 Å². The molecule has 9 nitrogen and oxygen atoms in total. The van der Waals surface area contributed by atoms with Crippen LogP contribution in [0.2, 0.25) is 5.02 Å². The van der Waals surface area contributed by atoms with E-state index in [1.165, 1.54) is 0 Å². The minimum Gasteiger partial charge on any atom is -0.353 e. The van der Waals surface area contributed by atoms with Gasteiger partial charge in [0.25, 0.3) is 0 Å². The molecule has 0 fully saturated rings. The molecule has 1 aliphatic heterocycles. The third-order valence-corrected chi connectivity index (χ3v) is 6.55. The van der Waals surface area contributed by atoms with Gasteiger partial charge in [-0.25, -0.2) is 23.5 Å². The summed E-state index contributed by atoms with van der Waals surface area (Å²) in [4.78, 5) is 23.2.